The molecular weight excluding hydrogens is 394 g/mol. The summed E-state index contributed by atoms with van der Waals surface area (Å²) in [5, 5.41) is 11.3. The van der Waals surface area contributed by atoms with Gasteiger partial charge in [-0.25, -0.2) is 9.79 Å². The topological polar surface area (TPSA) is 102 Å². The van der Waals surface area contributed by atoms with E-state index in [1.807, 2.05) is 20.8 Å². The first-order valence-electron chi connectivity index (χ1n) is 9.45. The zero-order valence-electron chi connectivity index (χ0n) is 16.7. The molecule has 1 fully saturated rings. The van der Waals surface area contributed by atoms with Gasteiger partial charge in [-0.15, -0.1) is 0 Å². The first-order chi connectivity index (χ1) is 13.7. The zero-order chi connectivity index (χ0) is 21.3. The summed E-state index contributed by atoms with van der Waals surface area (Å²) in [6.45, 7) is 7.77. The molecule has 3 rings (SSSR count). The van der Waals surface area contributed by atoms with Crippen LogP contribution in [0, 0.1) is 16.0 Å². The second-order valence-corrected chi connectivity index (χ2v) is 8.53. The number of allylic oxidation sites excluding steroid dienone is 1. The average molecular weight is 417 g/mol. The van der Waals surface area contributed by atoms with Gasteiger partial charge in [0.05, 0.1) is 34.1 Å². The fourth-order valence-electron chi connectivity index (χ4n) is 3.26. The van der Waals surface area contributed by atoms with Crippen molar-refractivity contribution < 1.29 is 19.2 Å². The summed E-state index contributed by atoms with van der Waals surface area (Å²) >= 11 is 1.38. The molecule has 2 unspecified atom stereocenters. The van der Waals surface area contributed by atoms with Crippen molar-refractivity contribution in [1.29, 1.82) is 0 Å². The lowest BCUT2D eigenvalue weighted by Gasteiger charge is -2.33. The predicted molar refractivity (Wildman–Crippen MR) is 110 cm³/mol. The summed E-state index contributed by atoms with van der Waals surface area (Å²) in [6.07, 6.45) is 0.637. The monoisotopic (exact) mass is 417 g/mol. The van der Waals surface area contributed by atoms with Crippen molar-refractivity contribution in [3.05, 3.63) is 51.2 Å². The lowest BCUT2D eigenvalue weighted by Crippen LogP contribution is -2.40. The molecule has 0 radical (unpaired) electrons. The van der Waals surface area contributed by atoms with Crippen LogP contribution in [0.4, 0.5) is 5.69 Å². The lowest BCUT2D eigenvalue weighted by molar-refractivity contribution is -0.384. The standard InChI is InChI=1S/C20H23N3O5S/c1-5-15-18(24)22-17(13-6-8-14(9-7-13)23(26)27)16(12(4)21-20(22)29-15)19(25)28-10-11(2)3/h6-9,11,15,17H,5,10H2,1-4H3. The molecule has 0 bridgehead atoms. The smallest absolute Gasteiger partial charge is 0.338 e. The van der Waals surface area contributed by atoms with Gasteiger partial charge in [0, 0.05) is 12.1 Å². The van der Waals surface area contributed by atoms with E-state index in [1.165, 1.54) is 28.8 Å². The minimum Gasteiger partial charge on any atom is -0.462 e. The van der Waals surface area contributed by atoms with Crippen molar-refractivity contribution in [1.82, 2.24) is 4.90 Å². The molecule has 2 atom stereocenters. The van der Waals surface area contributed by atoms with Gasteiger partial charge >= 0.3 is 5.97 Å². The number of hydrogen-bond donors (Lipinski definition) is 0. The lowest BCUT2D eigenvalue weighted by atomic mass is 9.94. The third kappa shape index (κ3) is 4.05. The molecule has 1 saturated heterocycles. The molecule has 9 heteroatoms. The Kier molecular flexibility index (Phi) is 6.07. The molecule has 0 saturated carbocycles. The maximum atomic E-state index is 13.0. The van der Waals surface area contributed by atoms with Gasteiger partial charge in [-0.1, -0.05) is 32.5 Å². The van der Waals surface area contributed by atoms with Crippen LogP contribution >= 0.6 is 11.8 Å². The number of fused-ring (bicyclic) bond motifs is 1. The molecule has 1 aromatic carbocycles. The van der Waals surface area contributed by atoms with Crippen molar-refractivity contribution in [2.45, 2.75) is 45.4 Å². The van der Waals surface area contributed by atoms with Gasteiger partial charge in [-0.05, 0) is 37.0 Å². The van der Waals surface area contributed by atoms with Gasteiger partial charge < -0.3 is 4.74 Å². The predicted octanol–water partition coefficient (Wildman–Crippen LogP) is 3.83. The van der Waals surface area contributed by atoms with Crippen molar-refractivity contribution in [2.75, 3.05) is 6.61 Å². The van der Waals surface area contributed by atoms with Crippen LogP contribution < -0.4 is 0 Å². The number of nitro groups is 1. The number of benzene rings is 1. The van der Waals surface area contributed by atoms with Crippen molar-refractivity contribution in [2.24, 2.45) is 10.9 Å². The van der Waals surface area contributed by atoms with Gasteiger partial charge in [0.2, 0.25) is 5.91 Å². The summed E-state index contributed by atoms with van der Waals surface area (Å²) in [4.78, 5) is 42.5. The Labute approximate surface area is 173 Å². The summed E-state index contributed by atoms with van der Waals surface area (Å²) in [5.74, 6) is -0.491. The molecule has 2 aliphatic rings. The van der Waals surface area contributed by atoms with Crippen LogP contribution in [0.15, 0.2) is 40.5 Å². The molecule has 0 N–H and O–H groups in total. The zero-order valence-corrected chi connectivity index (χ0v) is 17.6. The molecule has 0 aliphatic carbocycles. The Balaban J connectivity index is 2.07. The van der Waals surface area contributed by atoms with Gasteiger partial charge in [0.15, 0.2) is 5.17 Å². The largest absolute Gasteiger partial charge is 0.462 e. The number of nitrogens with zero attached hydrogens (tertiary/aromatic N) is 3. The second-order valence-electron chi connectivity index (χ2n) is 7.36. The molecule has 154 valence electrons. The number of carbonyl (C=O) groups excluding carboxylic acids is 2. The summed E-state index contributed by atoms with van der Waals surface area (Å²) in [5.41, 5.74) is 1.32. The number of esters is 1. The highest BCUT2D eigenvalue weighted by atomic mass is 32.2. The van der Waals surface area contributed by atoms with Crippen molar-refractivity contribution in [3.63, 3.8) is 0 Å². The SMILES string of the molecule is CCC1SC2=NC(C)=C(C(=O)OCC(C)C)C(c3ccc([N+](=O)[O-])cc3)N2C1=O. The molecular formula is C20H23N3O5S. The molecule has 0 aromatic heterocycles. The van der Waals surface area contributed by atoms with E-state index < -0.39 is 16.9 Å². The molecule has 2 heterocycles. The Morgan fingerprint density at radius 2 is 2.00 bits per heavy atom. The Morgan fingerprint density at radius 1 is 1.34 bits per heavy atom. The van der Waals surface area contributed by atoms with Gasteiger partial charge in [-0.2, -0.15) is 0 Å². The van der Waals surface area contributed by atoms with Crippen LogP contribution in [-0.4, -0.2) is 38.7 Å². The number of nitro benzene ring substituents is 1. The summed E-state index contributed by atoms with van der Waals surface area (Å²) < 4.78 is 5.44. The fraction of sp³-hybridized carbons (Fsp3) is 0.450. The number of aliphatic imine (C=N–C) groups is 1. The minimum atomic E-state index is -0.723. The highest BCUT2D eigenvalue weighted by molar-refractivity contribution is 8.15. The van der Waals surface area contributed by atoms with E-state index in [1.54, 1.807) is 19.1 Å². The highest BCUT2D eigenvalue weighted by Crippen LogP contribution is 2.44. The normalized spacial score (nSPS) is 21.3. The van der Waals surface area contributed by atoms with E-state index in [0.717, 1.165) is 0 Å². The van der Waals surface area contributed by atoms with Crippen LogP contribution in [0.1, 0.15) is 45.7 Å². The average Bonchev–Trinajstić information content (AvgIpc) is 3.00. The number of non-ortho nitro benzene ring substituents is 1. The maximum Gasteiger partial charge on any atom is 0.338 e. The van der Waals surface area contributed by atoms with Crippen LogP contribution in [-0.2, 0) is 14.3 Å². The van der Waals surface area contributed by atoms with Crippen LogP contribution in [0.25, 0.3) is 0 Å². The molecule has 1 aromatic rings. The Bertz CT molecular complexity index is 907. The first kappa shape index (κ1) is 21.0. The number of ether oxygens (including phenoxy) is 1. The highest BCUT2D eigenvalue weighted by Gasteiger charge is 2.47. The number of amidine groups is 1. The Hall–Kier alpha value is -2.68. The van der Waals surface area contributed by atoms with Crippen LogP contribution in [0.5, 0.6) is 0 Å². The number of carbonyl (C=O) groups is 2. The third-order valence-electron chi connectivity index (χ3n) is 4.71. The number of thioether (sulfide) groups is 1. The third-order valence-corrected chi connectivity index (χ3v) is 6.03. The minimum absolute atomic E-state index is 0.0587. The van der Waals surface area contributed by atoms with E-state index in [2.05, 4.69) is 4.99 Å². The van der Waals surface area contributed by atoms with Gasteiger partial charge in [-0.3, -0.25) is 19.8 Å². The second kappa shape index (κ2) is 8.36. The van der Waals surface area contributed by atoms with E-state index in [4.69, 9.17) is 4.74 Å². The van der Waals surface area contributed by atoms with Gasteiger partial charge in [0.1, 0.15) is 0 Å². The molecule has 0 spiro atoms. The van der Waals surface area contributed by atoms with Crippen LogP contribution in [0.3, 0.4) is 0 Å². The molecule has 1 amide bonds. The summed E-state index contributed by atoms with van der Waals surface area (Å²) in [6, 6.07) is 5.17. The number of hydrogen-bond acceptors (Lipinski definition) is 7. The summed E-state index contributed by atoms with van der Waals surface area (Å²) in [7, 11) is 0. The molecule has 2 aliphatic heterocycles. The van der Waals surface area contributed by atoms with E-state index in [-0.39, 0.29) is 34.9 Å². The van der Waals surface area contributed by atoms with E-state index in [0.29, 0.717) is 22.8 Å². The fourth-order valence-corrected chi connectivity index (χ4v) is 4.40. The van der Waals surface area contributed by atoms with E-state index in [9.17, 15) is 19.7 Å². The molecule has 29 heavy (non-hydrogen) atoms. The maximum absolute atomic E-state index is 13.0. The number of amides is 1. The van der Waals surface area contributed by atoms with Crippen molar-refractivity contribution in [3.8, 4) is 0 Å². The molecule has 8 nitrogen and oxygen atoms in total. The Morgan fingerprint density at radius 3 is 2.55 bits per heavy atom. The van der Waals surface area contributed by atoms with Crippen molar-refractivity contribution >= 4 is 34.5 Å². The number of rotatable bonds is 6. The quantitative estimate of drug-likeness (QED) is 0.396. The van der Waals surface area contributed by atoms with Crippen LogP contribution in [0.2, 0.25) is 0 Å². The van der Waals surface area contributed by atoms with E-state index >= 15 is 0 Å². The first-order valence-corrected chi connectivity index (χ1v) is 10.3. The van der Waals surface area contributed by atoms with Gasteiger partial charge in [0.25, 0.3) is 5.69 Å².